The van der Waals surface area contributed by atoms with E-state index in [1.807, 2.05) is 0 Å². The molecule has 0 aliphatic heterocycles. The smallest absolute Gasteiger partial charge is 0.197 e. The van der Waals surface area contributed by atoms with Crippen molar-refractivity contribution in [3.63, 3.8) is 0 Å². The van der Waals surface area contributed by atoms with Gasteiger partial charge in [-0.25, -0.2) is 0 Å². The number of hydrogen-bond donors (Lipinski definition) is 2. The average Bonchev–Trinajstić information content (AvgIpc) is 3.20. The fourth-order valence-corrected chi connectivity index (χ4v) is 4.36. The Morgan fingerprint density at radius 3 is 2.11 bits per heavy atom. The number of furan rings is 1. The molecule has 4 rings (SSSR count). The fraction of sp³-hybridized carbons (Fsp3) is 0.276. The van der Waals surface area contributed by atoms with Gasteiger partial charge >= 0.3 is 0 Å². The van der Waals surface area contributed by atoms with Gasteiger partial charge in [0.25, 0.3) is 0 Å². The van der Waals surface area contributed by atoms with E-state index in [9.17, 15) is 15.0 Å². The lowest BCUT2D eigenvalue weighted by Crippen LogP contribution is -2.39. The predicted octanol–water partition coefficient (Wildman–Crippen LogP) is 6.66. The third kappa shape index (κ3) is 5.83. The van der Waals surface area contributed by atoms with Gasteiger partial charge in [-0.3, -0.25) is 9.69 Å². The summed E-state index contributed by atoms with van der Waals surface area (Å²) in [6.07, 6.45) is 0. The average molecular weight is 510 g/mol. The number of aromatic hydroxyl groups is 2. The number of ketones is 1. The van der Waals surface area contributed by atoms with E-state index in [1.54, 1.807) is 54.6 Å². The SMILES string of the molecule is CC(C)N(CCOc1ccc(C(=O)c2c(-c3ccc(O)cc3)oc3cc(O)ccc23)cc1)C(C)C.Cl. The first kappa shape index (κ1) is 27.1. The molecule has 0 fully saturated rings. The maximum absolute atomic E-state index is 13.6. The maximum atomic E-state index is 13.6. The van der Waals surface area contributed by atoms with Gasteiger partial charge in [0, 0.05) is 41.2 Å². The molecule has 36 heavy (non-hydrogen) atoms. The Balaban J connectivity index is 0.00000361. The molecule has 0 aliphatic carbocycles. The zero-order valence-corrected chi connectivity index (χ0v) is 21.7. The molecule has 0 saturated carbocycles. The number of phenolic OH excluding ortho intramolecular Hbond substituents is 2. The Labute approximate surface area is 217 Å². The van der Waals surface area contributed by atoms with E-state index in [-0.39, 0.29) is 29.7 Å². The van der Waals surface area contributed by atoms with Crippen LogP contribution in [-0.2, 0) is 0 Å². The van der Waals surface area contributed by atoms with Crippen LogP contribution in [-0.4, -0.2) is 46.1 Å². The minimum atomic E-state index is -0.199. The van der Waals surface area contributed by atoms with E-state index in [4.69, 9.17) is 9.15 Å². The van der Waals surface area contributed by atoms with Gasteiger partial charge in [-0.05, 0) is 88.4 Å². The van der Waals surface area contributed by atoms with Crippen molar-refractivity contribution in [3.05, 3.63) is 77.9 Å². The molecule has 0 radical (unpaired) electrons. The summed E-state index contributed by atoms with van der Waals surface area (Å²) >= 11 is 0. The third-order valence-electron chi connectivity index (χ3n) is 6.09. The number of halogens is 1. The number of carbonyl (C=O) groups excluding carboxylic acids is 1. The standard InChI is InChI=1S/C29H31NO5.ClH/c1-18(2)30(19(3)4)15-16-34-24-12-7-20(8-13-24)28(33)27-25-14-11-23(32)17-26(25)35-29(27)21-5-9-22(31)10-6-21;/h5-14,17-19,31-32H,15-16H2,1-4H3;1H. The number of rotatable bonds is 9. The monoisotopic (exact) mass is 509 g/mol. The predicted molar refractivity (Wildman–Crippen MR) is 145 cm³/mol. The van der Waals surface area contributed by atoms with Gasteiger partial charge in [0.05, 0.1) is 5.56 Å². The molecule has 0 amide bonds. The van der Waals surface area contributed by atoms with Gasteiger partial charge in [0.2, 0.25) is 0 Å². The second kappa shape index (κ2) is 11.5. The number of fused-ring (bicyclic) bond motifs is 1. The minimum Gasteiger partial charge on any atom is -0.508 e. The van der Waals surface area contributed by atoms with Crippen LogP contribution in [0.1, 0.15) is 43.6 Å². The maximum Gasteiger partial charge on any atom is 0.197 e. The van der Waals surface area contributed by atoms with Crippen molar-refractivity contribution in [2.24, 2.45) is 0 Å². The Hall–Kier alpha value is -3.48. The van der Waals surface area contributed by atoms with Crippen molar-refractivity contribution in [1.82, 2.24) is 4.90 Å². The van der Waals surface area contributed by atoms with Crippen LogP contribution >= 0.6 is 12.4 Å². The van der Waals surface area contributed by atoms with Crippen LogP contribution in [0, 0.1) is 0 Å². The van der Waals surface area contributed by atoms with E-state index in [0.29, 0.717) is 57.9 Å². The molecule has 0 bridgehead atoms. The van der Waals surface area contributed by atoms with Gasteiger partial charge in [-0.15, -0.1) is 12.4 Å². The number of nitrogens with zero attached hydrogens (tertiary/aromatic N) is 1. The van der Waals surface area contributed by atoms with Gasteiger partial charge in [0.15, 0.2) is 5.78 Å². The van der Waals surface area contributed by atoms with Crippen molar-refractivity contribution in [2.75, 3.05) is 13.2 Å². The summed E-state index contributed by atoms with van der Waals surface area (Å²) in [6.45, 7) is 10.1. The molecule has 4 aromatic rings. The molecule has 6 nitrogen and oxygen atoms in total. The number of hydrogen-bond acceptors (Lipinski definition) is 6. The number of carbonyl (C=O) groups is 1. The first-order chi connectivity index (χ1) is 16.7. The number of ether oxygens (including phenoxy) is 1. The quantitative estimate of drug-likeness (QED) is 0.245. The molecule has 0 aliphatic rings. The van der Waals surface area contributed by atoms with Crippen LogP contribution in [0.2, 0.25) is 0 Å². The fourth-order valence-electron chi connectivity index (χ4n) is 4.36. The molecule has 190 valence electrons. The summed E-state index contributed by atoms with van der Waals surface area (Å²) in [5.41, 5.74) is 1.97. The highest BCUT2D eigenvalue weighted by Crippen LogP contribution is 2.37. The van der Waals surface area contributed by atoms with Crippen molar-refractivity contribution >= 4 is 29.2 Å². The molecule has 2 N–H and O–H groups in total. The van der Waals surface area contributed by atoms with Crippen LogP contribution in [0.5, 0.6) is 17.2 Å². The van der Waals surface area contributed by atoms with Gasteiger partial charge in [-0.1, -0.05) is 0 Å². The Morgan fingerprint density at radius 1 is 0.889 bits per heavy atom. The second-order valence-electron chi connectivity index (χ2n) is 9.16. The molecule has 1 aromatic heterocycles. The van der Waals surface area contributed by atoms with Crippen LogP contribution in [0.4, 0.5) is 0 Å². The lowest BCUT2D eigenvalue weighted by atomic mass is 9.97. The Kier molecular flexibility index (Phi) is 8.66. The molecule has 0 saturated heterocycles. The van der Waals surface area contributed by atoms with E-state index < -0.39 is 0 Å². The Morgan fingerprint density at radius 2 is 1.50 bits per heavy atom. The Bertz CT molecular complexity index is 1300. The van der Waals surface area contributed by atoms with Gasteiger partial charge in [-0.2, -0.15) is 0 Å². The summed E-state index contributed by atoms with van der Waals surface area (Å²) in [5.74, 6) is 1.07. The highest BCUT2D eigenvalue weighted by atomic mass is 35.5. The summed E-state index contributed by atoms with van der Waals surface area (Å²) in [7, 11) is 0. The van der Waals surface area contributed by atoms with E-state index in [2.05, 4.69) is 32.6 Å². The lowest BCUT2D eigenvalue weighted by Gasteiger charge is -2.30. The molecule has 0 unspecified atom stereocenters. The summed E-state index contributed by atoms with van der Waals surface area (Å²) < 4.78 is 11.9. The van der Waals surface area contributed by atoms with Crippen LogP contribution in [0.15, 0.2) is 71.1 Å². The van der Waals surface area contributed by atoms with Gasteiger partial charge in [0.1, 0.15) is 35.2 Å². The first-order valence-electron chi connectivity index (χ1n) is 11.8. The molecule has 0 spiro atoms. The minimum absolute atomic E-state index is 0. The van der Waals surface area contributed by atoms with E-state index >= 15 is 0 Å². The topological polar surface area (TPSA) is 83.1 Å². The van der Waals surface area contributed by atoms with Gasteiger partial charge < -0.3 is 19.4 Å². The molecular formula is C29H32ClNO5. The molecule has 0 atom stereocenters. The third-order valence-corrected chi connectivity index (χ3v) is 6.09. The first-order valence-corrected chi connectivity index (χ1v) is 11.8. The summed E-state index contributed by atoms with van der Waals surface area (Å²) in [6, 6.07) is 19.2. The van der Waals surface area contributed by atoms with Crippen LogP contribution < -0.4 is 4.74 Å². The normalized spacial score (nSPS) is 11.3. The zero-order valence-electron chi connectivity index (χ0n) is 20.9. The zero-order chi connectivity index (χ0) is 25.1. The molecule has 7 heteroatoms. The van der Waals surface area contributed by atoms with Crippen molar-refractivity contribution < 1.29 is 24.2 Å². The van der Waals surface area contributed by atoms with E-state index in [0.717, 1.165) is 6.54 Å². The van der Waals surface area contributed by atoms with E-state index in [1.165, 1.54) is 12.1 Å². The summed E-state index contributed by atoms with van der Waals surface area (Å²) in [4.78, 5) is 16.0. The van der Waals surface area contributed by atoms with Crippen LogP contribution in [0.25, 0.3) is 22.3 Å². The summed E-state index contributed by atoms with van der Waals surface area (Å²) in [5, 5.41) is 20.2. The highest BCUT2D eigenvalue weighted by molar-refractivity contribution is 6.19. The van der Waals surface area contributed by atoms with Crippen molar-refractivity contribution in [3.8, 4) is 28.6 Å². The van der Waals surface area contributed by atoms with Crippen molar-refractivity contribution in [1.29, 1.82) is 0 Å². The number of phenols is 2. The highest BCUT2D eigenvalue weighted by Gasteiger charge is 2.24. The van der Waals surface area contributed by atoms with Crippen LogP contribution in [0.3, 0.4) is 0 Å². The molecular weight excluding hydrogens is 478 g/mol. The largest absolute Gasteiger partial charge is 0.508 e. The lowest BCUT2D eigenvalue weighted by molar-refractivity contribution is 0.104. The van der Waals surface area contributed by atoms with Crippen molar-refractivity contribution in [2.45, 2.75) is 39.8 Å². The molecule has 3 aromatic carbocycles. The second-order valence-corrected chi connectivity index (χ2v) is 9.16. The molecule has 1 heterocycles. The number of benzene rings is 3.